The molecule has 0 spiro atoms. The van der Waals surface area contributed by atoms with Gasteiger partial charge in [-0.05, 0) is 19.1 Å². The first-order valence-electron chi connectivity index (χ1n) is 8.67. The Bertz CT molecular complexity index is 695. The van der Waals surface area contributed by atoms with E-state index in [9.17, 15) is 4.79 Å². The fourth-order valence-corrected chi connectivity index (χ4v) is 2.74. The first-order valence-corrected chi connectivity index (χ1v) is 8.67. The molecule has 1 N–H and O–H groups in total. The zero-order valence-electron chi connectivity index (χ0n) is 14.5. The smallest absolute Gasteiger partial charge is 0.247 e. The Morgan fingerprint density at radius 3 is 2.92 bits per heavy atom. The first-order chi connectivity index (χ1) is 12.2. The van der Waals surface area contributed by atoms with Crippen LogP contribution in [0.2, 0.25) is 0 Å². The molecule has 1 aromatic carbocycles. The third-order valence-electron chi connectivity index (χ3n) is 4.15. The maximum absolute atomic E-state index is 11.9. The van der Waals surface area contributed by atoms with Gasteiger partial charge >= 0.3 is 0 Å². The van der Waals surface area contributed by atoms with E-state index in [-0.39, 0.29) is 5.91 Å². The molecule has 0 saturated carbocycles. The highest BCUT2D eigenvalue weighted by Crippen LogP contribution is 2.19. The molecule has 2 heterocycles. The van der Waals surface area contributed by atoms with Gasteiger partial charge in [-0.3, -0.25) is 9.69 Å². The van der Waals surface area contributed by atoms with Crippen molar-refractivity contribution < 1.29 is 13.9 Å². The van der Waals surface area contributed by atoms with Crippen molar-refractivity contribution in [1.82, 2.24) is 20.4 Å². The maximum atomic E-state index is 11.9. The highest BCUT2D eigenvalue weighted by Gasteiger charge is 2.12. The molecule has 0 atom stereocenters. The van der Waals surface area contributed by atoms with Crippen LogP contribution in [-0.4, -0.2) is 60.4 Å². The molecule has 1 fully saturated rings. The number of aryl methyl sites for hydroxylation is 2. The summed E-state index contributed by atoms with van der Waals surface area (Å²) in [6.07, 6.45) is 0.792. The fourth-order valence-electron chi connectivity index (χ4n) is 2.74. The van der Waals surface area contributed by atoms with E-state index in [1.54, 1.807) is 0 Å². The minimum Gasteiger partial charge on any atom is -0.421 e. The number of aromatic nitrogens is 2. The van der Waals surface area contributed by atoms with Gasteiger partial charge in [0.25, 0.3) is 0 Å². The number of carbonyl (C=O) groups is 1. The lowest BCUT2D eigenvalue weighted by atomic mass is 10.1. The molecular formula is C18H24N4O3. The summed E-state index contributed by atoms with van der Waals surface area (Å²) in [6, 6.07) is 7.90. The highest BCUT2D eigenvalue weighted by molar-refractivity contribution is 5.76. The van der Waals surface area contributed by atoms with E-state index in [2.05, 4.69) is 20.4 Å². The SMILES string of the molecule is Cc1cccc(-c2nnc(CCC(=O)NCCN3CCOCC3)o2)c1. The molecule has 25 heavy (non-hydrogen) atoms. The summed E-state index contributed by atoms with van der Waals surface area (Å²) in [4.78, 5) is 14.2. The Morgan fingerprint density at radius 2 is 2.12 bits per heavy atom. The second kappa shape index (κ2) is 8.73. The van der Waals surface area contributed by atoms with Crippen LogP contribution in [0.5, 0.6) is 0 Å². The third-order valence-corrected chi connectivity index (χ3v) is 4.15. The van der Waals surface area contributed by atoms with Gasteiger partial charge in [0.05, 0.1) is 13.2 Å². The Morgan fingerprint density at radius 1 is 1.28 bits per heavy atom. The molecule has 1 amide bonds. The Kier molecular flexibility index (Phi) is 6.14. The van der Waals surface area contributed by atoms with Crippen molar-refractivity contribution in [2.75, 3.05) is 39.4 Å². The maximum Gasteiger partial charge on any atom is 0.247 e. The van der Waals surface area contributed by atoms with Crippen molar-refractivity contribution in [2.45, 2.75) is 19.8 Å². The largest absolute Gasteiger partial charge is 0.421 e. The Hall–Kier alpha value is -2.25. The highest BCUT2D eigenvalue weighted by atomic mass is 16.5. The van der Waals surface area contributed by atoms with Gasteiger partial charge < -0.3 is 14.5 Å². The molecule has 0 bridgehead atoms. The molecular weight excluding hydrogens is 320 g/mol. The van der Waals surface area contributed by atoms with E-state index >= 15 is 0 Å². The molecule has 7 heteroatoms. The molecule has 1 aliphatic heterocycles. The van der Waals surface area contributed by atoms with Gasteiger partial charge in [0.1, 0.15) is 0 Å². The average molecular weight is 344 g/mol. The topological polar surface area (TPSA) is 80.5 Å². The second-order valence-electron chi connectivity index (χ2n) is 6.17. The number of carbonyl (C=O) groups excluding carboxylic acids is 1. The summed E-state index contributed by atoms with van der Waals surface area (Å²) in [5, 5.41) is 11.0. The minimum absolute atomic E-state index is 0.00330. The van der Waals surface area contributed by atoms with Gasteiger partial charge in [-0.25, -0.2) is 0 Å². The molecule has 3 rings (SSSR count). The third kappa shape index (κ3) is 5.37. The van der Waals surface area contributed by atoms with Crippen LogP contribution in [0.3, 0.4) is 0 Å². The van der Waals surface area contributed by atoms with Crippen molar-refractivity contribution in [3.63, 3.8) is 0 Å². The summed E-state index contributed by atoms with van der Waals surface area (Å²) in [6.45, 7) is 6.92. The summed E-state index contributed by atoms with van der Waals surface area (Å²) in [7, 11) is 0. The number of nitrogens with zero attached hydrogens (tertiary/aromatic N) is 3. The van der Waals surface area contributed by atoms with Crippen molar-refractivity contribution in [3.05, 3.63) is 35.7 Å². The van der Waals surface area contributed by atoms with E-state index < -0.39 is 0 Å². The molecule has 2 aromatic rings. The summed E-state index contributed by atoms with van der Waals surface area (Å²) in [5.41, 5.74) is 2.03. The molecule has 1 aromatic heterocycles. The van der Waals surface area contributed by atoms with Crippen LogP contribution in [0.25, 0.3) is 11.5 Å². The van der Waals surface area contributed by atoms with Gasteiger partial charge in [0, 0.05) is 44.6 Å². The summed E-state index contributed by atoms with van der Waals surface area (Å²) in [5.74, 6) is 0.981. The normalized spacial score (nSPS) is 15.2. The number of hydrogen-bond donors (Lipinski definition) is 1. The quantitative estimate of drug-likeness (QED) is 0.818. The lowest BCUT2D eigenvalue weighted by molar-refractivity contribution is -0.121. The number of amides is 1. The number of nitrogens with one attached hydrogen (secondary N) is 1. The number of morpholine rings is 1. The fraction of sp³-hybridized carbons (Fsp3) is 0.500. The van der Waals surface area contributed by atoms with E-state index in [4.69, 9.17) is 9.15 Å². The Labute approximate surface area is 147 Å². The first kappa shape index (κ1) is 17.6. The molecule has 1 saturated heterocycles. The molecule has 7 nitrogen and oxygen atoms in total. The van der Waals surface area contributed by atoms with Crippen LogP contribution in [-0.2, 0) is 16.0 Å². The second-order valence-corrected chi connectivity index (χ2v) is 6.17. The van der Waals surface area contributed by atoms with E-state index in [0.717, 1.165) is 44.0 Å². The van der Waals surface area contributed by atoms with Crippen LogP contribution in [0.4, 0.5) is 0 Å². The van der Waals surface area contributed by atoms with Crippen LogP contribution in [0.1, 0.15) is 17.9 Å². The molecule has 0 aliphatic carbocycles. The van der Waals surface area contributed by atoms with Gasteiger partial charge in [-0.2, -0.15) is 0 Å². The summed E-state index contributed by atoms with van der Waals surface area (Å²) >= 11 is 0. The van der Waals surface area contributed by atoms with E-state index in [0.29, 0.717) is 31.2 Å². The predicted molar refractivity (Wildman–Crippen MR) is 93.1 cm³/mol. The van der Waals surface area contributed by atoms with Gasteiger partial charge in [0.2, 0.25) is 17.7 Å². The zero-order chi connectivity index (χ0) is 17.5. The lowest BCUT2D eigenvalue weighted by Crippen LogP contribution is -2.41. The number of hydrogen-bond acceptors (Lipinski definition) is 6. The monoisotopic (exact) mass is 344 g/mol. The molecule has 1 aliphatic rings. The minimum atomic E-state index is 0.00330. The lowest BCUT2D eigenvalue weighted by Gasteiger charge is -2.26. The van der Waals surface area contributed by atoms with Crippen molar-refractivity contribution >= 4 is 5.91 Å². The van der Waals surface area contributed by atoms with Gasteiger partial charge in [0.15, 0.2) is 0 Å². The standard InChI is InChI=1S/C18H24N4O3/c1-14-3-2-4-15(13-14)18-21-20-17(25-18)6-5-16(23)19-7-8-22-9-11-24-12-10-22/h2-4,13H,5-12H2,1H3,(H,19,23). The van der Waals surface area contributed by atoms with Gasteiger partial charge in [-0.1, -0.05) is 17.7 Å². The van der Waals surface area contributed by atoms with Crippen LogP contribution in [0.15, 0.2) is 28.7 Å². The predicted octanol–water partition coefficient (Wildman–Crippen LogP) is 1.43. The van der Waals surface area contributed by atoms with E-state index in [1.807, 2.05) is 31.2 Å². The number of benzene rings is 1. The van der Waals surface area contributed by atoms with Gasteiger partial charge in [-0.15, -0.1) is 10.2 Å². The summed E-state index contributed by atoms with van der Waals surface area (Å²) < 4.78 is 11.0. The van der Waals surface area contributed by atoms with Crippen molar-refractivity contribution in [2.24, 2.45) is 0 Å². The van der Waals surface area contributed by atoms with Crippen LogP contribution in [0, 0.1) is 6.92 Å². The number of ether oxygens (including phenoxy) is 1. The van der Waals surface area contributed by atoms with Crippen LogP contribution < -0.4 is 5.32 Å². The van der Waals surface area contributed by atoms with Crippen molar-refractivity contribution in [3.8, 4) is 11.5 Å². The molecule has 0 radical (unpaired) electrons. The molecule has 0 unspecified atom stereocenters. The molecule has 134 valence electrons. The number of rotatable bonds is 7. The van der Waals surface area contributed by atoms with Crippen LogP contribution >= 0.6 is 0 Å². The average Bonchev–Trinajstić information content (AvgIpc) is 3.10. The van der Waals surface area contributed by atoms with Crippen molar-refractivity contribution in [1.29, 1.82) is 0 Å². The van der Waals surface area contributed by atoms with E-state index in [1.165, 1.54) is 0 Å². The zero-order valence-corrected chi connectivity index (χ0v) is 14.5. The Balaban J connectivity index is 1.40.